The zero-order valence-electron chi connectivity index (χ0n) is 13.8. The maximum atomic E-state index is 14.9. The minimum absolute atomic E-state index is 0.00440. The molecule has 0 heterocycles. The quantitative estimate of drug-likeness (QED) is 0.746. The highest BCUT2D eigenvalue weighted by Gasteiger charge is 2.63. The van der Waals surface area contributed by atoms with E-state index in [-0.39, 0.29) is 29.3 Å². The summed E-state index contributed by atoms with van der Waals surface area (Å²) in [5.74, 6) is 0.432. The number of rotatable bonds is 0. The number of Topliss-reactive ketones (excluding diaryl/α,β-unsaturated/α-hetero) is 1. The first kappa shape index (κ1) is 15.5. The molecule has 4 heteroatoms. The van der Waals surface area contributed by atoms with Crippen LogP contribution in [0.3, 0.4) is 0 Å². The molecule has 0 unspecified atom stereocenters. The second-order valence-electron chi connectivity index (χ2n) is 8.63. The first-order chi connectivity index (χ1) is 10.8. The molecule has 7 atom stereocenters. The Morgan fingerprint density at radius 3 is 2.70 bits per heavy atom. The van der Waals surface area contributed by atoms with E-state index in [1.165, 1.54) is 6.08 Å². The van der Waals surface area contributed by atoms with E-state index >= 15 is 0 Å². The van der Waals surface area contributed by atoms with Crippen molar-refractivity contribution in [2.45, 2.75) is 64.6 Å². The molecule has 4 rings (SSSR count). The van der Waals surface area contributed by atoms with Gasteiger partial charge < -0.3 is 5.11 Å². The Balaban J connectivity index is 1.79. The van der Waals surface area contributed by atoms with Gasteiger partial charge in [0.15, 0.2) is 5.78 Å². The Hall–Kier alpha value is -1.03. The number of carbonyl (C=O) groups excluding carboxylic acids is 2. The molecular formula is C19H25FO3. The van der Waals surface area contributed by atoms with Gasteiger partial charge in [0.05, 0.1) is 6.10 Å². The van der Waals surface area contributed by atoms with Gasteiger partial charge in [0.2, 0.25) is 0 Å². The van der Waals surface area contributed by atoms with E-state index in [0.29, 0.717) is 37.7 Å². The Kier molecular flexibility index (Phi) is 3.20. The molecule has 0 spiro atoms. The number of aliphatic hydroxyl groups is 1. The lowest BCUT2D eigenvalue weighted by atomic mass is 9.46. The second kappa shape index (κ2) is 4.75. The minimum atomic E-state index is -1.12. The molecule has 0 aromatic heterocycles. The normalized spacial score (nSPS) is 52.5. The molecule has 0 aromatic rings. The van der Waals surface area contributed by atoms with Gasteiger partial charge in [-0.15, -0.1) is 0 Å². The lowest BCUT2D eigenvalue weighted by Gasteiger charge is -2.59. The third-order valence-corrected chi connectivity index (χ3v) is 7.58. The lowest BCUT2D eigenvalue weighted by molar-refractivity contribution is -0.150. The highest BCUT2D eigenvalue weighted by atomic mass is 19.1. The summed E-state index contributed by atoms with van der Waals surface area (Å²) < 4.78 is 14.9. The molecule has 126 valence electrons. The van der Waals surface area contributed by atoms with Gasteiger partial charge in [0.25, 0.3) is 0 Å². The van der Waals surface area contributed by atoms with Crippen LogP contribution in [0, 0.1) is 28.6 Å². The molecule has 4 aliphatic carbocycles. The van der Waals surface area contributed by atoms with Gasteiger partial charge in [-0.2, -0.15) is 0 Å². The van der Waals surface area contributed by atoms with Crippen molar-refractivity contribution >= 4 is 11.6 Å². The van der Waals surface area contributed by atoms with Crippen molar-refractivity contribution in [1.29, 1.82) is 0 Å². The Morgan fingerprint density at radius 1 is 1.22 bits per heavy atom. The average Bonchev–Trinajstić information content (AvgIpc) is 2.76. The van der Waals surface area contributed by atoms with Crippen LogP contribution in [-0.2, 0) is 9.59 Å². The summed E-state index contributed by atoms with van der Waals surface area (Å²) in [6, 6.07) is 0. The maximum Gasteiger partial charge on any atom is 0.155 e. The van der Waals surface area contributed by atoms with E-state index in [1.54, 1.807) is 0 Å². The van der Waals surface area contributed by atoms with Crippen LogP contribution in [0.25, 0.3) is 0 Å². The molecule has 0 amide bonds. The van der Waals surface area contributed by atoms with Gasteiger partial charge in [-0.3, -0.25) is 9.59 Å². The number of carbonyl (C=O) groups is 2. The fourth-order valence-electron chi connectivity index (χ4n) is 6.47. The van der Waals surface area contributed by atoms with E-state index in [2.05, 4.69) is 0 Å². The maximum absolute atomic E-state index is 14.9. The van der Waals surface area contributed by atoms with Crippen LogP contribution in [0.15, 0.2) is 11.6 Å². The zero-order valence-corrected chi connectivity index (χ0v) is 13.8. The predicted molar refractivity (Wildman–Crippen MR) is 83.4 cm³/mol. The molecule has 0 aliphatic heterocycles. The van der Waals surface area contributed by atoms with E-state index in [9.17, 15) is 19.1 Å². The lowest BCUT2D eigenvalue weighted by Crippen LogP contribution is -2.58. The van der Waals surface area contributed by atoms with Crippen molar-refractivity contribution in [3.63, 3.8) is 0 Å². The van der Waals surface area contributed by atoms with Crippen LogP contribution in [0.2, 0.25) is 0 Å². The Labute approximate surface area is 136 Å². The number of ketones is 2. The van der Waals surface area contributed by atoms with E-state index in [1.807, 2.05) is 13.8 Å². The molecule has 3 nitrogen and oxygen atoms in total. The summed E-state index contributed by atoms with van der Waals surface area (Å²) in [4.78, 5) is 24.2. The molecular weight excluding hydrogens is 295 g/mol. The fraction of sp³-hybridized carbons (Fsp3) is 0.789. The zero-order chi connectivity index (χ0) is 16.6. The van der Waals surface area contributed by atoms with Gasteiger partial charge in [-0.05, 0) is 60.5 Å². The second-order valence-corrected chi connectivity index (χ2v) is 8.63. The average molecular weight is 320 g/mol. The topological polar surface area (TPSA) is 54.4 Å². The Morgan fingerprint density at radius 2 is 1.96 bits per heavy atom. The van der Waals surface area contributed by atoms with Crippen LogP contribution in [-0.4, -0.2) is 28.9 Å². The number of halogens is 1. The van der Waals surface area contributed by atoms with Gasteiger partial charge in [-0.1, -0.05) is 13.8 Å². The number of allylic oxidation sites excluding steroid dienone is 1. The van der Waals surface area contributed by atoms with E-state index < -0.39 is 23.1 Å². The largest absolute Gasteiger partial charge is 0.393 e. The molecule has 0 aromatic carbocycles. The fourth-order valence-corrected chi connectivity index (χ4v) is 6.47. The van der Waals surface area contributed by atoms with Crippen LogP contribution in [0.5, 0.6) is 0 Å². The smallest absolute Gasteiger partial charge is 0.155 e. The van der Waals surface area contributed by atoms with Crippen LogP contribution < -0.4 is 0 Å². The van der Waals surface area contributed by atoms with E-state index in [4.69, 9.17) is 0 Å². The summed E-state index contributed by atoms with van der Waals surface area (Å²) >= 11 is 0. The van der Waals surface area contributed by atoms with Crippen LogP contribution in [0.4, 0.5) is 4.39 Å². The van der Waals surface area contributed by atoms with Gasteiger partial charge in [0, 0.05) is 18.3 Å². The first-order valence-corrected chi connectivity index (χ1v) is 8.88. The monoisotopic (exact) mass is 320 g/mol. The molecule has 1 N–H and O–H groups in total. The summed E-state index contributed by atoms with van der Waals surface area (Å²) in [5, 5.41) is 10.9. The third kappa shape index (κ3) is 1.90. The Bertz CT molecular complexity index is 612. The van der Waals surface area contributed by atoms with Crippen molar-refractivity contribution in [3.8, 4) is 0 Å². The summed E-state index contributed by atoms with van der Waals surface area (Å²) in [6.07, 6.45) is 3.08. The van der Waals surface area contributed by atoms with Gasteiger partial charge in [-0.25, -0.2) is 4.39 Å². The molecule has 0 radical (unpaired) electrons. The van der Waals surface area contributed by atoms with Crippen LogP contribution in [0.1, 0.15) is 52.4 Å². The minimum Gasteiger partial charge on any atom is -0.393 e. The molecule has 3 saturated carbocycles. The summed E-state index contributed by atoms with van der Waals surface area (Å²) in [7, 11) is 0. The molecule has 0 saturated heterocycles. The standard InChI is InChI=1S/C19H25FO3/c1-18-6-5-10(21)7-13(18)14(20)8-11-12-3-4-16(23)19(12,2)9-15(22)17(11)18/h7,11-12,14-15,17,22H,3-6,8-9H2,1-2H3/t11-,12-,14-,15-,17+,18-,19-/m0/s1. The number of fused-ring (bicyclic) bond motifs is 5. The van der Waals surface area contributed by atoms with Crippen molar-refractivity contribution in [2.24, 2.45) is 28.6 Å². The number of hydrogen-bond acceptors (Lipinski definition) is 3. The van der Waals surface area contributed by atoms with Crippen molar-refractivity contribution < 1.29 is 19.1 Å². The predicted octanol–water partition coefficient (Wildman–Crippen LogP) is 3.01. The summed E-state index contributed by atoms with van der Waals surface area (Å²) in [5.41, 5.74) is -0.327. The number of alkyl halides is 1. The van der Waals surface area contributed by atoms with Crippen molar-refractivity contribution in [3.05, 3.63) is 11.6 Å². The number of hydrogen-bond donors (Lipinski definition) is 1. The first-order valence-electron chi connectivity index (χ1n) is 8.88. The van der Waals surface area contributed by atoms with Gasteiger partial charge in [0.1, 0.15) is 12.0 Å². The molecule has 0 bridgehead atoms. The third-order valence-electron chi connectivity index (χ3n) is 7.58. The molecule has 4 aliphatic rings. The highest BCUT2D eigenvalue weighted by Crippen LogP contribution is 2.64. The molecule has 23 heavy (non-hydrogen) atoms. The van der Waals surface area contributed by atoms with Crippen molar-refractivity contribution in [1.82, 2.24) is 0 Å². The number of aliphatic hydroxyl groups excluding tert-OH is 1. The van der Waals surface area contributed by atoms with E-state index in [0.717, 1.165) is 6.42 Å². The molecule has 3 fully saturated rings. The summed E-state index contributed by atoms with van der Waals surface area (Å²) in [6.45, 7) is 4.00. The van der Waals surface area contributed by atoms with Crippen LogP contribution >= 0.6 is 0 Å². The van der Waals surface area contributed by atoms with Crippen molar-refractivity contribution in [2.75, 3.05) is 0 Å². The highest BCUT2D eigenvalue weighted by molar-refractivity contribution is 5.92. The SMILES string of the molecule is C[C@]12CCC(=O)C=C1[C@@H](F)C[C@@H]1[C@@H]2[C@@H](O)C[C@]2(C)C(=O)CC[C@@H]12. The van der Waals surface area contributed by atoms with Gasteiger partial charge >= 0.3 is 0 Å².